The SMILES string of the molecule is CC.CN1CCc2cc(CN)ccc2NC1=O. The highest BCUT2D eigenvalue weighted by Gasteiger charge is 2.16. The third-order valence-electron chi connectivity index (χ3n) is 2.71. The zero-order valence-corrected chi connectivity index (χ0v) is 10.8. The maximum atomic E-state index is 11.5. The molecule has 1 aliphatic heterocycles. The number of urea groups is 1. The number of fused-ring (bicyclic) bond motifs is 1. The fraction of sp³-hybridized carbons (Fsp3) is 0.462. The molecule has 0 atom stereocenters. The molecular formula is C13H21N3O. The molecule has 17 heavy (non-hydrogen) atoms. The fourth-order valence-electron chi connectivity index (χ4n) is 1.70. The van der Waals surface area contributed by atoms with Crippen LogP contribution in [0.3, 0.4) is 0 Å². The van der Waals surface area contributed by atoms with Gasteiger partial charge in [-0.05, 0) is 23.6 Å². The molecule has 1 aromatic carbocycles. The van der Waals surface area contributed by atoms with Gasteiger partial charge in [0.15, 0.2) is 0 Å². The van der Waals surface area contributed by atoms with Gasteiger partial charge in [0.1, 0.15) is 0 Å². The van der Waals surface area contributed by atoms with Gasteiger partial charge in [0, 0.05) is 25.8 Å². The van der Waals surface area contributed by atoms with Crippen LogP contribution in [0, 0.1) is 0 Å². The molecule has 0 spiro atoms. The molecule has 0 radical (unpaired) electrons. The average Bonchev–Trinajstić information content (AvgIpc) is 2.52. The predicted octanol–water partition coefficient (Wildman–Crippen LogP) is 2.19. The number of amides is 2. The molecule has 0 aliphatic carbocycles. The summed E-state index contributed by atoms with van der Waals surface area (Å²) in [6, 6.07) is 5.89. The van der Waals surface area contributed by atoms with Crippen LogP contribution >= 0.6 is 0 Å². The Kier molecular flexibility index (Phi) is 4.97. The molecule has 0 saturated heterocycles. The minimum absolute atomic E-state index is 0.0470. The molecule has 1 aliphatic rings. The number of hydrogen-bond acceptors (Lipinski definition) is 2. The molecule has 2 amide bonds. The third kappa shape index (κ3) is 3.20. The van der Waals surface area contributed by atoms with Crippen LogP contribution in [0.5, 0.6) is 0 Å². The van der Waals surface area contributed by atoms with Crippen molar-refractivity contribution in [2.45, 2.75) is 26.8 Å². The van der Waals surface area contributed by atoms with Gasteiger partial charge in [-0.2, -0.15) is 0 Å². The van der Waals surface area contributed by atoms with Crippen molar-refractivity contribution in [3.05, 3.63) is 29.3 Å². The van der Waals surface area contributed by atoms with Crippen LogP contribution in [0.2, 0.25) is 0 Å². The normalized spacial score (nSPS) is 14.1. The molecule has 3 N–H and O–H groups in total. The number of likely N-dealkylation sites (N-methyl/N-ethyl adjacent to an activating group) is 1. The molecule has 0 unspecified atom stereocenters. The molecule has 0 saturated carbocycles. The second-order valence-corrected chi connectivity index (χ2v) is 3.80. The first kappa shape index (κ1) is 13.5. The van der Waals surface area contributed by atoms with Crippen molar-refractivity contribution < 1.29 is 4.79 Å². The van der Waals surface area contributed by atoms with E-state index in [1.807, 2.05) is 26.0 Å². The number of carbonyl (C=O) groups is 1. The summed E-state index contributed by atoms with van der Waals surface area (Å²) in [5, 5.41) is 2.87. The summed E-state index contributed by atoms with van der Waals surface area (Å²) in [6.45, 7) is 5.28. The van der Waals surface area contributed by atoms with Crippen molar-refractivity contribution >= 4 is 11.7 Å². The lowest BCUT2D eigenvalue weighted by Gasteiger charge is -2.12. The van der Waals surface area contributed by atoms with Crippen molar-refractivity contribution in [2.75, 3.05) is 18.9 Å². The number of benzene rings is 1. The van der Waals surface area contributed by atoms with Crippen molar-refractivity contribution in [1.29, 1.82) is 0 Å². The third-order valence-corrected chi connectivity index (χ3v) is 2.71. The van der Waals surface area contributed by atoms with Gasteiger partial charge in [0.2, 0.25) is 0 Å². The molecule has 4 heteroatoms. The quantitative estimate of drug-likeness (QED) is 0.784. The number of carbonyl (C=O) groups excluding carboxylic acids is 1. The molecule has 0 fully saturated rings. The van der Waals surface area contributed by atoms with Crippen LogP contribution in [-0.2, 0) is 13.0 Å². The maximum Gasteiger partial charge on any atom is 0.321 e. The second-order valence-electron chi connectivity index (χ2n) is 3.80. The largest absolute Gasteiger partial charge is 0.327 e. The second kappa shape index (κ2) is 6.25. The van der Waals surface area contributed by atoms with Crippen LogP contribution in [-0.4, -0.2) is 24.5 Å². The van der Waals surface area contributed by atoms with Crippen molar-refractivity contribution in [2.24, 2.45) is 5.73 Å². The van der Waals surface area contributed by atoms with E-state index in [-0.39, 0.29) is 6.03 Å². The van der Waals surface area contributed by atoms with Gasteiger partial charge >= 0.3 is 6.03 Å². The number of rotatable bonds is 1. The number of anilines is 1. The predicted molar refractivity (Wildman–Crippen MR) is 71.0 cm³/mol. The molecule has 1 heterocycles. The van der Waals surface area contributed by atoms with Gasteiger partial charge in [0.25, 0.3) is 0 Å². The fourth-order valence-corrected chi connectivity index (χ4v) is 1.70. The molecule has 94 valence electrons. The molecular weight excluding hydrogens is 214 g/mol. The Hall–Kier alpha value is -1.55. The Morgan fingerprint density at radius 1 is 1.41 bits per heavy atom. The summed E-state index contributed by atoms with van der Waals surface area (Å²) in [6.07, 6.45) is 0.873. The Balaban J connectivity index is 0.000000686. The lowest BCUT2D eigenvalue weighted by molar-refractivity contribution is 0.224. The van der Waals surface area contributed by atoms with E-state index in [1.54, 1.807) is 11.9 Å². The van der Waals surface area contributed by atoms with E-state index in [1.165, 1.54) is 0 Å². The zero-order valence-electron chi connectivity index (χ0n) is 10.8. The van der Waals surface area contributed by atoms with E-state index < -0.39 is 0 Å². The van der Waals surface area contributed by atoms with Crippen LogP contribution in [0.1, 0.15) is 25.0 Å². The minimum Gasteiger partial charge on any atom is -0.327 e. The maximum absolute atomic E-state index is 11.5. The minimum atomic E-state index is -0.0470. The van der Waals surface area contributed by atoms with Gasteiger partial charge in [-0.3, -0.25) is 0 Å². The Bertz CT molecular complexity index is 390. The Morgan fingerprint density at radius 3 is 2.76 bits per heavy atom. The standard InChI is InChI=1S/C11H15N3O.C2H6/c1-14-5-4-9-6-8(7-12)2-3-10(9)13-11(14)15;1-2/h2-3,6H,4-5,7,12H2,1H3,(H,13,15);1-2H3. The first-order valence-corrected chi connectivity index (χ1v) is 6.04. The number of nitrogens with one attached hydrogen (secondary N) is 1. The van der Waals surface area contributed by atoms with E-state index in [4.69, 9.17) is 5.73 Å². The monoisotopic (exact) mass is 235 g/mol. The van der Waals surface area contributed by atoms with E-state index in [9.17, 15) is 4.79 Å². The number of nitrogens with two attached hydrogens (primary N) is 1. The van der Waals surface area contributed by atoms with E-state index in [0.717, 1.165) is 29.8 Å². The van der Waals surface area contributed by atoms with Gasteiger partial charge in [-0.25, -0.2) is 4.79 Å². The van der Waals surface area contributed by atoms with Gasteiger partial charge < -0.3 is 16.0 Å². The lowest BCUT2D eigenvalue weighted by atomic mass is 10.1. The van der Waals surface area contributed by atoms with Crippen LogP contribution in [0.4, 0.5) is 10.5 Å². The Morgan fingerprint density at radius 2 is 2.12 bits per heavy atom. The summed E-state index contributed by atoms with van der Waals surface area (Å²) in [5.74, 6) is 0. The van der Waals surface area contributed by atoms with Crippen LogP contribution < -0.4 is 11.1 Å². The highest BCUT2D eigenvalue weighted by Crippen LogP contribution is 2.21. The smallest absolute Gasteiger partial charge is 0.321 e. The topological polar surface area (TPSA) is 58.4 Å². The highest BCUT2D eigenvalue weighted by atomic mass is 16.2. The molecule has 4 nitrogen and oxygen atoms in total. The van der Waals surface area contributed by atoms with Crippen LogP contribution in [0.15, 0.2) is 18.2 Å². The summed E-state index contributed by atoms with van der Waals surface area (Å²) in [4.78, 5) is 13.2. The van der Waals surface area contributed by atoms with Crippen molar-refractivity contribution in [3.8, 4) is 0 Å². The van der Waals surface area contributed by atoms with Gasteiger partial charge in [-0.1, -0.05) is 26.0 Å². The molecule has 0 aromatic heterocycles. The Labute approximate surface area is 103 Å². The average molecular weight is 235 g/mol. The number of nitrogens with zero attached hydrogens (tertiary/aromatic N) is 1. The van der Waals surface area contributed by atoms with Crippen molar-refractivity contribution in [1.82, 2.24) is 4.90 Å². The first-order chi connectivity index (χ1) is 8.20. The van der Waals surface area contributed by atoms with Gasteiger partial charge in [0.05, 0.1) is 0 Å². The van der Waals surface area contributed by atoms with E-state index in [2.05, 4.69) is 11.4 Å². The molecule has 1 aromatic rings. The highest BCUT2D eigenvalue weighted by molar-refractivity contribution is 5.90. The van der Waals surface area contributed by atoms with Gasteiger partial charge in [-0.15, -0.1) is 0 Å². The summed E-state index contributed by atoms with van der Waals surface area (Å²) >= 11 is 0. The van der Waals surface area contributed by atoms with Crippen LogP contribution in [0.25, 0.3) is 0 Å². The molecule has 0 bridgehead atoms. The van der Waals surface area contributed by atoms with E-state index in [0.29, 0.717) is 6.54 Å². The summed E-state index contributed by atoms with van der Waals surface area (Å²) in [5.41, 5.74) is 8.75. The summed E-state index contributed by atoms with van der Waals surface area (Å²) < 4.78 is 0. The summed E-state index contributed by atoms with van der Waals surface area (Å²) in [7, 11) is 1.80. The zero-order chi connectivity index (χ0) is 12.8. The first-order valence-electron chi connectivity index (χ1n) is 6.04. The van der Waals surface area contributed by atoms with Crippen molar-refractivity contribution in [3.63, 3.8) is 0 Å². The molecule has 2 rings (SSSR count). The van der Waals surface area contributed by atoms with E-state index >= 15 is 0 Å². The number of hydrogen-bond donors (Lipinski definition) is 2. The lowest BCUT2D eigenvalue weighted by Crippen LogP contribution is -2.30.